The van der Waals surface area contributed by atoms with Crippen molar-refractivity contribution < 1.29 is 20.0 Å². The number of hydrogen-bond acceptors (Lipinski definition) is 6. The standard InChI is InChI=1S/C33H37Cl2N7O3/c1-33(2,3)27(36)18-28(37-16-7-17-43)39-32(44)38-25-13-14-26(22-9-5-4-8-21(22)25)45-20-12-15-29-40-41-31(42(29)19-20)30-23(34)10-6-11-24(30)35/h4-6,8-12,15,18-19,25-26,43H,7,13-14,16-17,36H2,1-3H3,(H2,37,38,39,44)/p+1/b27-18-/t25-,26+/m0/s1. The molecule has 0 radical (unpaired) electrons. The van der Waals surface area contributed by atoms with Crippen LogP contribution in [0.3, 0.4) is 0 Å². The zero-order valence-electron chi connectivity index (χ0n) is 25.5. The van der Waals surface area contributed by atoms with Gasteiger partial charge in [0.25, 0.3) is 0 Å². The van der Waals surface area contributed by atoms with Crippen molar-refractivity contribution >= 4 is 40.7 Å². The summed E-state index contributed by atoms with van der Waals surface area (Å²) in [7, 11) is 0. The smallest absolute Gasteiger partial charge is 0.346 e. The van der Waals surface area contributed by atoms with Crippen molar-refractivity contribution in [3.63, 3.8) is 0 Å². The van der Waals surface area contributed by atoms with Gasteiger partial charge in [-0.3, -0.25) is 9.72 Å². The third-order valence-corrected chi connectivity index (χ3v) is 8.32. The fraction of sp³-hybridized carbons (Fsp3) is 0.333. The molecule has 12 heteroatoms. The SMILES string of the molecule is CC(C)(C)/C(N)=C/C(=N\C(=O)N[C@H]1CC[C@@H](Oc2ccc3nnc(-c4c(Cl)cccc4Cl)n3c2)c2ccccc21)[NH2+]CCCO. The van der Waals surface area contributed by atoms with Crippen LogP contribution in [-0.2, 0) is 0 Å². The molecule has 0 saturated heterocycles. The molecule has 2 aromatic heterocycles. The number of nitrogens with two attached hydrogens (primary N) is 2. The molecule has 45 heavy (non-hydrogen) atoms. The van der Waals surface area contributed by atoms with Gasteiger partial charge in [-0.15, -0.1) is 15.2 Å². The Morgan fingerprint density at radius 2 is 1.84 bits per heavy atom. The van der Waals surface area contributed by atoms with Gasteiger partial charge in [-0.25, -0.2) is 4.79 Å². The maximum Gasteiger partial charge on any atom is 0.346 e. The van der Waals surface area contributed by atoms with E-state index < -0.39 is 6.03 Å². The molecule has 10 nitrogen and oxygen atoms in total. The van der Waals surface area contributed by atoms with Gasteiger partial charge in [0.2, 0.25) is 5.84 Å². The minimum atomic E-state index is -0.453. The van der Waals surface area contributed by atoms with Crippen LogP contribution in [-0.4, -0.2) is 44.7 Å². The predicted octanol–water partition coefficient (Wildman–Crippen LogP) is 5.60. The Labute approximate surface area is 272 Å². The lowest BCUT2D eigenvalue weighted by molar-refractivity contribution is -0.538. The first-order valence-electron chi connectivity index (χ1n) is 14.9. The minimum Gasteiger partial charge on any atom is -0.484 e. The van der Waals surface area contributed by atoms with Crippen molar-refractivity contribution in [3.8, 4) is 17.1 Å². The second kappa shape index (κ2) is 14.0. The zero-order chi connectivity index (χ0) is 32.1. The number of aliphatic hydroxyl groups is 1. The summed E-state index contributed by atoms with van der Waals surface area (Å²) in [5.74, 6) is 1.62. The summed E-state index contributed by atoms with van der Waals surface area (Å²) in [5.41, 5.74) is 9.81. The van der Waals surface area contributed by atoms with Gasteiger partial charge in [0.1, 0.15) is 11.9 Å². The Kier molecular flexibility index (Phi) is 10.1. The Hall–Kier alpha value is -3.96. The number of ether oxygens (including phenoxy) is 1. The molecule has 236 valence electrons. The van der Waals surface area contributed by atoms with Crippen molar-refractivity contribution in [2.45, 2.75) is 52.2 Å². The molecule has 0 aliphatic heterocycles. The van der Waals surface area contributed by atoms with E-state index in [1.165, 1.54) is 0 Å². The number of aliphatic hydroxyl groups excluding tert-OH is 1. The fourth-order valence-electron chi connectivity index (χ4n) is 5.16. The van der Waals surface area contributed by atoms with Gasteiger partial charge >= 0.3 is 6.03 Å². The molecule has 1 aliphatic carbocycles. The monoisotopic (exact) mass is 650 g/mol. The summed E-state index contributed by atoms with van der Waals surface area (Å²) < 4.78 is 8.34. The van der Waals surface area contributed by atoms with Gasteiger partial charge < -0.3 is 20.9 Å². The summed E-state index contributed by atoms with van der Waals surface area (Å²) in [6, 6.07) is 16.3. The minimum absolute atomic E-state index is 0.0560. The van der Waals surface area contributed by atoms with Crippen molar-refractivity contribution in [2.75, 3.05) is 13.2 Å². The van der Waals surface area contributed by atoms with Gasteiger partial charge in [0.15, 0.2) is 11.5 Å². The van der Waals surface area contributed by atoms with Gasteiger partial charge in [-0.05, 0) is 48.2 Å². The van der Waals surface area contributed by atoms with Crippen LogP contribution >= 0.6 is 23.2 Å². The number of aliphatic imine (C=N–C) groups is 1. The summed E-state index contributed by atoms with van der Waals surface area (Å²) in [4.78, 5) is 17.5. The first-order chi connectivity index (χ1) is 21.5. The number of quaternary nitrogens is 1. The summed E-state index contributed by atoms with van der Waals surface area (Å²) in [5, 5.41) is 23.7. The van der Waals surface area contributed by atoms with E-state index in [0.29, 0.717) is 70.2 Å². The molecule has 1 aliphatic rings. The van der Waals surface area contributed by atoms with E-state index in [-0.39, 0.29) is 24.2 Å². The number of carbonyl (C=O) groups excluding carboxylic acids is 1. The Morgan fingerprint density at radius 3 is 2.56 bits per heavy atom. The first-order valence-corrected chi connectivity index (χ1v) is 15.7. The average molecular weight is 652 g/mol. The second-order valence-electron chi connectivity index (χ2n) is 12.0. The lowest BCUT2D eigenvalue weighted by Gasteiger charge is -2.32. The number of urea groups is 1. The molecule has 0 unspecified atom stereocenters. The number of aromatic nitrogens is 3. The number of nitrogens with one attached hydrogen (secondary N) is 1. The van der Waals surface area contributed by atoms with Gasteiger partial charge in [-0.1, -0.05) is 74.3 Å². The number of fused-ring (bicyclic) bond motifs is 2. The number of halogens is 2. The van der Waals surface area contributed by atoms with Gasteiger partial charge in [-0.2, -0.15) is 0 Å². The maximum absolute atomic E-state index is 13.2. The van der Waals surface area contributed by atoms with Crippen molar-refractivity contribution in [1.29, 1.82) is 0 Å². The summed E-state index contributed by atoms with van der Waals surface area (Å²) in [6.45, 7) is 6.63. The highest BCUT2D eigenvalue weighted by atomic mass is 35.5. The third kappa shape index (κ3) is 7.65. The molecule has 4 aromatic rings. The van der Waals surface area contributed by atoms with Crippen LogP contribution in [0.5, 0.6) is 5.75 Å². The number of amides is 2. The molecule has 5 rings (SSSR count). The van der Waals surface area contributed by atoms with E-state index in [0.717, 1.165) is 11.1 Å². The van der Waals surface area contributed by atoms with E-state index in [1.807, 2.05) is 73.1 Å². The molecular weight excluding hydrogens is 613 g/mol. The second-order valence-corrected chi connectivity index (χ2v) is 12.8. The number of pyridine rings is 1. The van der Waals surface area contributed by atoms with Crippen LogP contribution in [0.15, 0.2) is 77.6 Å². The third-order valence-electron chi connectivity index (χ3n) is 7.69. The quantitative estimate of drug-likeness (QED) is 0.111. The topological polar surface area (TPSA) is 144 Å². The number of allylic oxidation sites excluding steroid dienone is 1. The van der Waals surface area contributed by atoms with Crippen LogP contribution in [0.2, 0.25) is 10.0 Å². The zero-order valence-corrected chi connectivity index (χ0v) is 27.0. The van der Waals surface area contributed by atoms with Crippen LogP contribution in [0.1, 0.15) is 63.3 Å². The Balaban J connectivity index is 1.36. The van der Waals surface area contributed by atoms with Gasteiger partial charge in [0, 0.05) is 30.2 Å². The van der Waals surface area contributed by atoms with E-state index in [9.17, 15) is 9.90 Å². The largest absolute Gasteiger partial charge is 0.484 e. The molecule has 0 spiro atoms. The molecule has 0 fully saturated rings. The highest BCUT2D eigenvalue weighted by Gasteiger charge is 2.30. The predicted molar refractivity (Wildman–Crippen MR) is 176 cm³/mol. The molecule has 2 heterocycles. The number of hydrogen-bond donors (Lipinski definition) is 4. The lowest BCUT2D eigenvalue weighted by Crippen LogP contribution is -2.88. The van der Waals surface area contributed by atoms with Crippen LogP contribution < -0.4 is 21.1 Å². The highest BCUT2D eigenvalue weighted by Crippen LogP contribution is 2.39. The van der Waals surface area contributed by atoms with Crippen molar-refractivity contribution in [1.82, 2.24) is 19.9 Å². The fourth-order valence-corrected chi connectivity index (χ4v) is 5.73. The Bertz CT molecular complexity index is 1730. The van der Waals surface area contributed by atoms with Crippen LogP contribution in [0.25, 0.3) is 17.0 Å². The molecule has 0 saturated carbocycles. The summed E-state index contributed by atoms with van der Waals surface area (Å²) in [6.07, 6.45) is 5.22. The average Bonchev–Trinajstić information content (AvgIpc) is 3.40. The number of nitrogens with zero attached hydrogens (tertiary/aromatic N) is 4. The number of rotatable bonds is 8. The number of amidine groups is 1. The molecule has 0 bridgehead atoms. The summed E-state index contributed by atoms with van der Waals surface area (Å²) >= 11 is 12.9. The van der Waals surface area contributed by atoms with Gasteiger partial charge in [0.05, 0.1) is 34.4 Å². The molecule has 6 N–H and O–H groups in total. The molecule has 2 atom stereocenters. The first kappa shape index (κ1) is 32.4. The molecular formula is C33H38Cl2N7O3+. The lowest BCUT2D eigenvalue weighted by atomic mass is 9.85. The Morgan fingerprint density at radius 1 is 1.11 bits per heavy atom. The van der Waals surface area contributed by atoms with Crippen LogP contribution in [0, 0.1) is 5.41 Å². The normalized spacial score (nSPS) is 17.3. The molecule has 2 aromatic carbocycles. The maximum atomic E-state index is 13.2. The molecule has 2 amide bonds. The van der Waals surface area contributed by atoms with E-state index >= 15 is 0 Å². The number of carbonyl (C=O) groups is 1. The van der Waals surface area contributed by atoms with E-state index in [1.54, 1.807) is 24.3 Å². The highest BCUT2D eigenvalue weighted by molar-refractivity contribution is 6.39. The van der Waals surface area contributed by atoms with Crippen LogP contribution in [0.4, 0.5) is 4.79 Å². The van der Waals surface area contributed by atoms with E-state index in [2.05, 4.69) is 20.5 Å². The number of benzene rings is 2. The van der Waals surface area contributed by atoms with Crippen molar-refractivity contribution in [3.05, 3.63) is 93.7 Å². The van der Waals surface area contributed by atoms with Crippen molar-refractivity contribution in [2.24, 2.45) is 16.1 Å². The van der Waals surface area contributed by atoms with E-state index in [4.69, 9.17) is 33.7 Å².